The van der Waals surface area contributed by atoms with Crippen molar-refractivity contribution in [2.24, 2.45) is 0 Å². The lowest BCUT2D eigenvalue weighted by molar-refractivity contribution is -0.137. The molecule has 0 atom stereocenters. The number of nitrogens with one attached hydrogen (secondary N) is 1. The predicted molar refractivity (Wildman–Crippen MR) is 85.4 cm³/mol. The van der Waals surface area contributed by atoms with Crippen molar-refractivity contribution in [1.29, 1.82) is 0 Å². The molecule has 26 heavy (non-hydrogen) atoms. The Morgan fingerprint density at radius 3 is 2.42 bits per heavy atom. The van der Waals surface area contributed by atoms with E-state index in [1.165, 1.54) is 11.0 Å². The molecular formula is C17H16F3N3O3. The molecule has 1 N–H and O–H groups in total. The van der Waals surface area contributed by atoms with Gasteiger partial charge in [0.25, 0.3) is 5.91 Å². The average Bonchev–Trinajstić information content (AvgIpc) is 3.34. The molecule has 1 aliphatic carbocycles. The van der Waals surface area contributed by atoms with Gasteiger partial charge in [0, 0.05) is 17.7 Å². The maximum Gasteiger partial charge on any atom is 0.416 e. The summed E-state index contributed by atoms with van der Waals surface area (Å²) in [4.78, 5) is 26.1. The van der Waals surface area contributed by atoms with Gasteiger partial charge in [0.15, 0.2) is 5.82 Å². The second-order valence-corrected chi connectivity index (χ2v) is 6.11. The fourth-order valence-electron chi connectivity index (χ4n) is 2.48. The fourth-order valence-corrected chi connectivity index (χ4v) is 2.48. The van der Waals surface area contributed by atoms with E-state index in [9.17, 15) is 22.8 Å². The van der Waals surface area contributed by atoms with Crippen molar-refractivity contribution in [3.63, 3.8) is 0 Å². The summed E-state index contributed by atoms with van der Waals surface area (Å²) in [5.74, 6) is -0.163. The van der Waals surface area contributed by atoms with Crippen LogP contribution in [0.25, 0.3) is 0 Å². The van der Waals surface area contributed by atoms with E-state index in [0.29, 0.717) is 5.76 Å². The molecule has 0 radical (unpaired) electrons. The van der Waals surface area contributed by atoms with Crippen molar-refractivity contribution in [2.45, 2.75) is 32.0 Å². The minimum absolute atomic E-state index is 0.0883. The quantitative estimate of drug-likeness (QED) is 0.880. The Hall–Kier alpha value is -2.84. The van der Waals surface area contributed by atoms with Crippen LogP contribution in [0.2, 0.25) is 0 Å². The van der Waals surface area contributed by atoms with Crippen LogP contribution in [0.1, 0.15) is 34.5 Å². The van der Waals surface area contributed by atoms with Crippen molar-refractivity contribution < 1.29 is 27.3 Å². The number of alkyl halides is 3. The highest BCUT2D eigenvalue weighted by Gasteiger charge is 2.35. The van der Waals surface area contributed by atoms with E-state index in [1.807, 2.05) is 0 Å². The summed E-state index contributed by atoms with van der Waals surface area (Å²) in [6, 6.07) is 5.41. The molecule has 2 aromatic rings. The number of hydrogen-bond acceptors (Lipinski definition) is 4. The van der Waals surface area contributed by atoms with Crippen LogP contribution >= 0.6 is 0 Å². The second-order valence-electron chi connectivity index (χ2n) is 6.11. The molecule has 1 aromatic heterocycles. The average molecular weight is 367 g/mol. The molecule has 2 amide bonds. The summed E-state index contributed by atoms with van der Waals surface area (Å²) in [7, 11) is 0. The zero-order valence-corrected chi connectivity index (χ0v) is 13.8. The van der Waals surface area contributed by atoms with Gasteiger partial charge in [0.2, 0.25) is 5.91 Å². The lowest BCUT2D eigenvalue weighted by Gasteiger charge is -2.22. The number of hydrogen-bond donors (Lipinski definition) is 1. The zero-order chi connectivity index (χ0) is 18.9. The molecule has 1 aliphatic rings. The van der Waals surface area contributed by atoms with E-state index in [4.69, 9.17) is 4.52 Å². The van der Waals surface area contributed by atoms with Crippen LogP contribution in [0.3, 0.4) is 0 Å². The Kier molecular flexibility index (Phi) is 4.71. The first-order valence-corrected chi connectivity index (χ1v) is 7.95. The summed E-state index contributed by atoms with van der Waals surface area (Å²) in [5.41, 5.74) is -0.721. The van der Waals surface area contributed by atoms with Crippen LogP contribution in [-0.4, -0.2) is 34.5 Å². The largest absolute Gasteiger partial charge is 0.416 e. The van der Waals surface area contributed by atoms with Crippen LogP contribution in [0.5, 0.6) is 0 Å². The third-order valence-electron chi connectivity index (χ3n) is 3.92. The SMILES string of the molecule is Cc1cc(NC(=O)CN(C(=O)c2ccc(C(F)(F)F)cc2)C2CC2)no1. The van der Waals surface area contributed by atoms with E-state index in [1.54, 1.807) is 6.92 Å². The molecule has 0 aliphatic heterocycles. The van der Waals surface area contributed by atoms with Gasteiger partial charge in [-0.15, -0.1) is 0 Å². The van der Waals surface area contributed by atoms with Crippen LogP contribution in [0.15, 0.2) is 34.9 Å². The van der Waals surface area contributed by atoms with Crippen molar-refractivity contribution in [3.05, 3.63) is 47.2 Å². The van der Waals surface area contributed by atoms with E-state index < -0.39 is 23.6 Å². The first-order chi connectivity index (χ1) is 12.2. The summed E-state index contributed by atoms with van der Waals surface area (Å²) >= 11 is 0. The molecule has 6 nitrogen and oxygen atoms in total. The Morgan fingerprint density at radius 2 is 1.92 bits per heavy atom. The molecule has 1 fully saturated rings. The first-order valence-electron chi connectivity index (χ1n) is 7.95. The third-order valence-corrected chi connectivity index (χ3v) is 3.92. The maximum atomic E-state index is 12.6. The topological polar surface area (TPSA) is 75.4 Å². The summed E-state index contributed by atoms with van der Waals surface area (Å²) in [5, 5.41) is 6.17. The number of rotatable bonds is 5. The number of halogens is 3. The van der Waals surface area contributed by atoms with Crippen molar-refractivity contribution >= 4 is 17.6 Å². The zero-order valence-electron chi connectivity index (χ0n) is 13.8. The Labute approximate surface area is 146 Å². The highest BCUT2D eigenvalue weighted by molar-refractivity contribution is 5.99. The number of carbonyl (C=O) groups is 2. The molecule has 3 rings (SSSR count). The number of benzene rings is 1. The van der Waals surface area contributed by atoms with Crippen LogP contribution in [-0.2, 0) is 11.0 Å². The van der Waals surface area contributed by atoms with E-state index in [-0.39, 0.29) is 24.0 Å². The van der Waals surface area contributed by atoms with Gasteiger partial charge in [-0.2, -0.15) is 13.2 Å². The number of aromatic nitrogens is 1. The van der Waals surface area contributed by atoms with Crippen molar-refractivity contribution in [1.82, 2.24) is 10.1 Å². The van der Waals surface area contributed by atoms with E-state index in [0.717, 1.165) is 37.1 Å². The summed E-state index contributed by atoms with van der Waals surface area (Å²) in [6.07, 6.45) is -2.96. The fraction of sp³-hybridized carbons (Fsp3) is 0.353. The molecule has 0 saturated heterocycles. The van der Waals surface area contributed by atoms with Gasteiger partial charge in [-0.1, -0.05) is 5.16 Å². The standard InChI is InChI=1S/C17H16F3N3O3/c1-10-8-14(22-26-10)21-15(24)9-23(13-6-7-13)16(25)11-2-4-12(5-3-11)17(18,19)20/h2-5,8,13H,6-7,9H2,1H3,(H,21,22,24). The molecular weight excluding hydrogens is 351 g/mol. The molecule has 1 saturated carbocycles. The van der Waals surface area contributed by atoms with E-state index in [2.05, 4.69) is 10.5 Å². The number of nitrogens with zero attached hydrogens (tertiary/aromatic N) is 2. The van der Waals surface area contributed by atoms with Crippen LogP contribution in [0.4, 0.5) is 19.0 Å². The Balaban J connectivity index is 1.69. The highest BCUT2D eigenvalue weighted by atomic mass is 19.4. The number of aryl methyl sites for hydroxylation is 1. The molecule has 0 spiro atoms. The number of carbonyl (C=O) groups excluding carboxylic acids is 2. The smallest absolute Gasteiger partial charge is 0.360 e. The minimum Gasteiger partial charge on any atom is -0.360 e. The number of amides is 2. The molecule has 0 bridgehead atoms. The Morgan fingerprint density at radius 1 is 1.27 bits per heavy atom. The maximum absolute atomic E-state index is 12.6. The molecule has 9 heteroatoms. The molecule has 1 heterocycles. The van der Waals surface area contributed by atoms with Crippen LogP contribution in [0, 0.1) is 6.92 Å². The molecule has 0 unspecified atom stereocenters. The third kappa shape index (κ3) is 4.22. The van der Waals surface area contributed by atoms with Crippen molar-refractivity contribution in [3.8, 4) is 0 Å². The first kappa shape index (κ1) is 18.0. The van der Waals surface area contributed by atoms with Gasteiger partial charge in [-0.3, -0.25) is 9.59 Å². The number of anilines is 1. The minimum atomic E-state index is -4.46. The van der Waals surface area contributed by atoms with Gasteiger partial charge in [-0.05, 0) is 44.0 Å². The predicted octanol–water partition coefficient (Wildman–Crippen LogP) is 3.25. The van der Waals surface area contributed by atoms with Gasteiger partial charge >= 0.3 is 6.18 Å². The monoisotopic (exact) mass is 367 g/mol. The normalized spacial score (nSPS) is 14.2. The summed E-state index contributed by atoms with van der Waals surface area (Å²) < 4.78 is 42.8. The van der Waals surface area contributed by atoms with Gasteiger partial charge in [0.1, 0.15) is 12.3 Å². The lowest BCUT2D eigenvalue weighted by Crippen LogP contribution is -2.39. The summed E-state index contributed by atoms with van der Waals surface area (Å²) in [6.45, 7) is 1.46. The van der Waals surface area contributed by atoms with Crippen LogP contribution < -0.4 is 5.32 Å². The molecule has 1 aromatic carbocycles. The Bertz CT molecular complexity index is 811. The van der Waals surface area contributed by atoms with Gasteiger partial charge in [-0.25, -0.2) is 0 Å². The van der Waals surface area contributed by atoms with E-state index >= 15 is 0 Å². The van der Waals surface area contributed by atoms with Gasteiger partial charge < -0.3 is 14.7 Å². The van der Waals surface area contributed by atoms with Gasteiger partial charge in [0.05, 0.1) is 5.56 Å². The van der Waals surface area contributed by atoms with Crippen molar-refractivity contribution in [2.75, 3.05) is 11.9 Å². The second kappa shape index (κ2) is 6.81. The highest BCUT2D eigenvalue weighted by Crippen LogP contribution is 2.31. The lowest BCUT2D eigenvalue weighted by atomic mass is 10.1. The molecule has 138 valence electrons.